The van der Waals surface area contributed by atoms with Crippen LogP contribution in [0.25, 0.3) is 28.2 Å². The maximum atomic E-state index is 12.7. The van der Waals surface area contributed by atoms with Crippen LogP contribution in [0.1, 0.15) is 0 Å². The minimum Gasteiger partial charge on any atom is -0.308 e. The molecular formula is C23H16BrNO. The average molecular weight is 402 g/mol. The fourth-order valence-corrected chi connectivity index (χ4v) is 3.63. The normalized spacial score (nSPS) is 10.7. The van der Waals surface area contributed by atoms with Crippen molar-refractivity contribution in [3.63, 3.8) is 0 Å². The number of aromatic nitrogens is 1. The predicted octanol–water partition coefficient (Wildman–Crippen LogP) is 5.93. The van der Waals surface area contributed by atoms with Gasteiger partial charge in [0, 0.05) is 11.8 Å². The molecule has 1 heterocycles. The lowest BCUT2D eigenvalue weighted by Gasteiger charge is -2.21. The molecule has 0 aliphatic heterocycles. The summed E-state index contributed by atoms with van der Waals surface area (Å²) in [5, 5.41) is 0. The fourth-order valence-electron chi connectivity index (χ4n) is 3.11. The van der Waals surface area contributed by atoms with Crippen LogP contribution in [0.2, 0.25) is 0 Å². The van der Waals surface area contributed by atoms with Gasteiger partial charge in [0.1, 0.15) is 0 Å². The molecule has 4 rings (SSSR count). The maximum absolute atomic E-state index is 12.7. The summed E-state index contributed by atoms with van der Waals surface area (Å²) in [6, 6.07) is 31.8. The standard InChI is InChI=1S/C23H16BrNO/c24-22-21(26)16-20(17-10-4-1-5-11-17)25(19-14-8-3-9-15-19)23(22)18-12-6-2-7-13-18/h1-16H. The summed E-state index contributed by atoms with van der Waals surface area (Å²) in [6.07, 6.45) is 0. The lowest BCUT2D eigenvalue weighted by molar-refractivity contribution is 1.05. The van der Waals surface area contributed by atoms with Gasteiger partial charge in [-0.2, -0.15) is 0 Å². The SMILES string of the molecule is O=c1cc(-c2ccccc2)n(-c2ccccc2)c(-c2ccccc2)c1Br. The maximum Gasteiger partial charge on any atom is 0.197 e. The molecule has 0 aliphatic rings. The summed E-state index contributed by atoms with van der Waals surface area (Å²) < 4.78 is 2.70. The number of pyridine rings is 1. The smallest absolute Gasteiger partial charge is 0.197 e. The zero-order valence-electron chi connectivity index (χ0n) is 14.0. The van der Waals surface area contributed by atoms with Gasteiger partial charge in [0.15, 0.2) is 5.43 Å². The predicted molar refractivity (Wildman–Crippen MR) is 111 cm³/mol. The second-order valence-corrected chi connectivity index (χ2v) is 6.75. The molecule has 1 aromatic heterocycles. The van der Waals surface area contributed by atoms with Crippen LogP contribution in [0.4, 0.5) is 0 Å². The second-order valence-electron chi connectivity index (χ2n) is 5.96. The highest BCUT2D eigenvalue weighted by Crippen LogP contribution is 2.33. The van der Waals surface area contributed by atoms with Crippen LogP contribution in [0, 0.1) is 0 Å². The van der Waals surface area contributed by atoms with Gasteiger partial charge in [-0.25, -0.2) is 0 Å². The number of nitrogens with zero attached hydrogens (tertiary/aromatic N) is 1. The summed E-state index contributed by atoms with van der Waals surface area (Å²) in [7, 11) is 0. The van der Waals surface area contributed by atoms with Crippen molar-refractivity contribution >= 4 is 15.9 Å². The van der Waals surface area contributed by atoms with Crippen LogP contribution < -0.4 is 5.43 Å². The van der Waals surface area contributed by atoms with Gasteiger partial charge in [-0.3, -0.25) is 4.79 Å². The Morgan fingerprint density at radius 1 is 0.654 bits per heavy atom. The van der Waals surface area contributed by atoms with E-state index in [1.54, 1.807) is 6.07 Å². The Labute approximate surface area is 160 Å². The minimum absolute atomic E-state index is 0.0325. The van der Waals surface area contributed by atoms with Gasteiger partial charge >= 0.3 is 0 Å². The highest BCUT2D eigenvalue weighted by atomic mass is 79.9. The van der Waals surface area contributed by atoms with Crippen molar-refractivity contribution < 1.29 is 0 Å². The molecule has 4 aromatic rings. The quantitative estimate of drug-likeness (QED) is 0.416. The van der Waals surface area contributed by atoms with Gasteiger partial charge in [-0.1, -0.05) is 78.9 Å². The van der Waals surface area contributed by atoms with Gasteiger partial charge in [0.05, 0.1) is 15.9 Å². The molecule has 0 aliphatic carbocycles. The lowest BCUT2D eigenvalue weighted by atomic mass is 10.1. The lowest BCUT2D eigenvalue weighted by Crippen LogP contribution is -2.13. The Balaban J connectivity index is 2.14. The summed E-state index contributed by atoms with van der Waals surface area (Å²) in [5.41, 5.74) is 4.67. The van der Waals surface area contributed by atoms with Gasteiger partial charge in [0.25, 0.3) is 0 Å². The third-order valence-electron chi connectivity index (χ3n) is 4.29. The zero-order chi connectivity index (χ0) is 17.9. The Bertz CT molecular complexity index is 1090. The van der Waals surface area contributed by atoms with Crippen LogP contribution in [0.15, 0.2) is 106 Å². The molecule has 3 aromatic carbocycles. The van der Waals surface area contributed by atoms with Crippen LogP contribution in [0.5, 0.6) is 0 Å². The van der Waals surface area contributed by atoms with E-state index in [-0.39, 0.29) is 5.43 Å². The molecule has 3 heteroatoms. The van der Waals surface area contributed by atoms with Crippen molar-refractivity contribution in [3.05, 3.63) is 112 Å². The van der Waals surface area contributed by atoms with Crippen molar-refractivity contribution in [1.82, 2.24) is 4.57 Å². The highest BCUT2D eigenvalue weighted by Gasteiger charge is 2.17. The zero-order valence-corrected chi connectivity index (χ0v) is 15.6. The molecule has 26 heavy (non-hydrogen) atoms. The van der Waals surface area contributed by atoms with Crippen molar-refractivity contribution in [2.24, 2.45) is 0 Å². The van der Waals surface area contributed by atoms with E-state index in [0.29, 0.717) is 4.47 Å². The average Bonchev–Trinajstić information content (AvgIpc) is 2.71. The van der Waals surface area contributed by atoms with Crippen molar-refractivity contribution in [1.29, 1.82) is 0 Å². The van der Waals surface area contributed by atoms with Crippen molar-refractivity contribution in [2.45, 2.75) is 0 Å². The monoisotopic (exact) mass is 401 g/mol. The van der Waals surface area contributed by atoms with Gasteiger partial charge in [-0.05, 0) is 39.2 Å². The van der Waals surface area contributed by atoms with Crippen LogP contribution in [0.3, 0.4) is 0 Å². The highest BCUT2D eigenvalue weighted by molar-refractivity contribution is 9.10. The number of para-hydroxylation sites is 1. The van der Waals surface area contributed by atoms with Gasteiger partial charge in [0.2, 0.25) is 0 Å². The molecule has 0 saturated heterocycles. The number of halogens is 1. The molecule has 0 radical (unpaired) electrons. The van der Waals surface area contributed by atoms with Crippen LogP contribution >= 0.6 is 15.9 Å². The van der Waals surface area contributed by atoms with E-state index < -0.39 is 0 Å². The first-order valence-electron chi connectivity index (χ1n) is 8.37. The molecule has 0 saturated carbocycles. The molecule has 0 amide bonds. The third-order valence-corrected chi connectivity index (χ3v) is 5.05. The summed E-state index contributed by atoms with van der Waals surface area (Å²) >= 11 is 3.54. The van der Waals surface area contributed by atoms with E-state index in [1.165, 1.54) is 0 Å². The molecule has 2 nitrogen and oxygen atoms in total. The Kier molecular flexibility index (Phi) is 4.55. The first-order valence-corrected chi connectivity index (χ1v) is 9.17. The summed E-state index contributed by atoms with van der Waals surface area (Å²) in [4.78, 5) is 12.7. The van der Waals surface area contributed by atoms with E-state index in [9.17, 15) is 4.79 Å². The second kappa shape index (κ2) is 7.14. The number of hydrogen-bond donors (Lipinski definition) is 0. The number of benzene rings is 3. The first-order chi connectivity index (χ1) is 12.8. The summed E-state index contributed by atoms with van der Waals surface area (Å²) in [5.74, 6) is 0. The van der Waals surface area contributed by atoms with E-state index in [0.717, 1.165) is 28.2 Å². The fraction of sp³-hybridized carbons (Fsp3) is 0. The molecular weight excluding hydrogens is 386 g/mol. The van der Waals surface area contributed by atoms with Gasteiger partial charge in [-0.15, -0.1) is 0 Å². The minimum atomic E-state index is -0.0325. The third kappa shape index (κ3) is 3.02. The first kappa shape index (κ1) is 16.6. The molecule has 0 atom stereocenters. The van der Waals surface area contributed by atoms with Gasteiger partial charge < -0.3 is 4.57 Å². The van der Waals surface area contributed by atoms with E-state index in [1.807, 2.05) is 78.9 Å². The van der Waals surface area contributed by atoms with E-state index >= 15 is 0 Å². The Morgan fingerprint density at radius 2 is 1.15 bits per heavy atom. The number of rotatable bonds is 3. The molecule has 0 bridgehead atoms. The molecule has 126 valence electrons. The summed E-state index contributed by atoms with van der Waals surface area (Å²) in [6.45, 7) is 0. The largest absolute Gasteiger partial charge is 0.308 e. The van der Waals surface area contributed by atoms with Crippen LogP contribution in [-0.2, 0) is 0 Å². The Morgan fingerprint density at radius 3 is 1.73 bits per heavy atom. The molecule has 0 spiro atoms. The van der Waals surface area contributed by atoms with Crippen molar-refractivity contribution in [3.8, 4) is 28.2 Å². The van der Waals surface area contributed by atoms with E-state index in [2.05, 4.69) is 32.6 Å². The van der Waals surface area contributed by atoms with E-state index in [4.69, 9.17) is 0 Å². The Hall–Kier alpha value is -2.91. The number of hydrogen-bond acceptors (Lipinski definition) is 1. The molecule has 0 fully saturated rings. The topological polar surface area (TPSA) is 22.0 Å². The molecule has 0 unspecified atom stereocenters. The van der Waals surface area contributed by atoms with Crippen LogP contribution in [-0.4, -0.2) is 4.57 Å². The molecule has 0 N–H and O–H groups in total. The van der Waals surface area contributed by atoms with Crippen molar-refractivity contribution in [2.75, 3.05) is 0 Å².